The van der Waals surface area contributed by atoms with Crippen molar-refractivity contribution in [2.24, 2.45) is 0 Å². The molecule has 2 N–H and O–H groups in total. The molecule has 0 bridgehead atoms. The zero-order chi connectivity index (χ0) is 22.4. The van der Waals surface area contributed by atoms with Gasteiger partial charge in [0.25, 0.3) is 0 Å². The van der Waals surface area contributed by atoms with Crippen molar-refractivity contribution in [3.63, 3.8) is 0 Å². The van der Waals surface area contributed by atoms with Gasteiger partial charge >= 0.3 is 0 Å². The van der Waals surface area contributed by atoms with Gasteiger partial charge in [-0.3, -0.25) is 9.89 Å². The predicted octanol–water partition coefficient (Wildman–Crippen LogP) is 2.86. The molecule has 2 fully saturated rings. The van der Waals surface area contributed by atoms with Gasteiger partial charge in [-0.05, 0) is 30.5 Å². The van der Waals surface area contributed by atoms with Gasteiger partial charge in [0.15, 0.2) is 0 Å². The number of rotatable bonds is 6. The summed E-state index contributed by atoms with van der Waals surface area (Å²) in [7, 11) is 1.94. The molecule has 3 aromatic heterocycles. The van der Waals surface area contributed by atoms with E-state index in [0.29, 0.717) is 31.7 Å². The topological polar surface area (TPSA) is 99.3 Å². The van der Waals surface area contributed by atoms with Crippen LogP contribution < -0.4 is 15.1 Å². The molecule has 170 valence electrons. The maximum atomic E-state index is 12.2. The first kappa shape index (κ1) is 20.4. The Labute approximate surface area is 194 Å². The quantitative estimate of drug-likeness (QED) is 0.454. The lowest BCUT2D eigenvalue weighted by atomic mass is 10.0. The van der Waals surface area contributed by atoms with Crippen molar-refractivity contribution in [3.8, 4) is 0 Å². The van der Waals surface area contributed by atoms with Crippen LogP contribution in [-0.4, -0.2) is 65.4 Å². The van der Waals surface area contributed by atoms with E-state index in [1.54, 1.807) is 11.3 Å². The number of ether oxygens (including phenoxy) is 1. The van der Waals surface area contributed by atoms with Gasteiger partial charge in [0.05, 0.1) is 52.8 Å². The highest BCUT2D eigenvalue weighted by Gasteiger charge is 2.26. The zero-order valence-electron chi connectivity index (χ0n) is 18.3. The second-order valence-corrected chi connectivity index (χ2v) is 9.75. The average Bonchev–Trinajstić information content (AvgIpc) is 3.33. The van der Waals surface area contributed by atoms with E-state index >= 15 is 0 Å². The summed E-state index contributed by atoms with van der Waals surface area (Å²) in [5.41, 5.74) is 3.03. The molecular weight excluding hydrogens is 438 g/mol. The number of anilines is 2. The number of likely N-dealkylation sites (N-methyl/N-ethyl adjacent to an activating group) is 1. The van der Waals surface area contributed by atoms with E-state index in [4.69, 9.17) is 9.72 Å². The molecule has 1 unspecified atom stereocenters. The summed E-state index contributed by atoms with van der Waals surface area (Å²) in [5, 5.41) is 12.3. The molecule has 2 aliphatic rings. The Morgan fingerprint density at radius 2 is 2.27 bits per heavy atom. The van der Waals surface area contributed by atoms with E-state index in [1.807, 2.05) is 42.5 Å². The average molecular weight is 464 g/mol. The number of fused-ring (bicyclic) bond motifs is 2. The zero-order valence-corrected chi connectivity index (χ0v) is 19.1. The van der Waals surface area contributed by atoms with E-state index < -0.39 is 0 Å². The summed E-state index contributed by atoms with van der Waals surface area (Å²) in [6.07, 6.45) is 5.84. The molecule has 33 heavy (non-hydrogen) atoms. The van der Waals surface area contributed by atoms with E-state index in [9.17, 15) is 4.79 Å². The fourth-order valence-corrected chi connectivity index (χ4v) is 5.17. The van der Waals surface area contributed by atoms with Crippen molar-refractivity contribution < 1.29 is 9.53 Å². The third-order valence-corrected chi connectivity index (χ3v) is 7.33. The minimum absolute atomic E-state index is 0.0660. The summed E-state index contributed by atoms with van der Waals surface area (Å²) in [6.45, 7) is 2.36. The van der Waals surface area contributed by atoms with Gasteiger partial charge in [-0.25, -0.2) is 9.97 Å². The van der Waals surface area contributed by atoms with Crippen LogP contribution >= 0.6 is 11.3 Å². The van der Waals surface area contributed by atoms with Gasteiger partial charge in [0, 0.05) is 25.0 Å². The Kier molecular flexibility index (Phi) is 5.11. The number of amides is 1. The van der Waals surface area contributed by atoms with Crippen LogP contribution in [0.2, 0.25) is 0 Å². The number of carbonyl (C=O) groups is 1. The number of hydrogen-bond donors (Lipinski definition) is 2. The number of aromatic nitrogens is 4. The Morgan fingerprint density at radius 1 is 1.36 bits per heavy atom. The number of hydrogen-bond acceptors (Lipinski definition) is 8. The Bertz CT molecular complexity index is 1310. The predicted molar refractivity (Wildman–Crippen MR) is 129 cm³/mol. The van der Waals surface area contributed by atoms with Crippen molar-refractivity contribution in [1.82, 2.24) is 25.5 Å². The third-order valence-electron chi connectivity index (χ3n) is 6.16. The molecule has 0 spiro atoms. The fraction of sp³-hybridized carbons (Fsp3) is 0.391. The van der Waals surface area contributed by atoms with Gasteiger partial charge in [-0.2, -0.15) is 5.10 Å². The molecule has 6 rings (SSSR count). The number of carbonyl (C=O) groups excluding carboxylic acids is 1. The molecule has 1 saturated heterocycles. The van der Waals surface area contributed by atoms with Crippen LogP contribution in [0.25, 0.3) is 21.1 Å². The molecule has 1 aromatic carbocycles. The SMILES string of the molecule is CN(CC(=O)NC1CC1)c1cc2nc(N3CCOC(c4cccc5[nH]ncc45)C3)ncc2s1. The Hall–Kier alpha value is -3.24. The van der Waals surface area contributed by atoms with Crippen molar-refractivity contribution in [1.29, 1.82) is 0 Å². The smallest absolute Gasteiger partial charge is 0.239 e. The summed E-state index contributed by atoms with van der Waals surface area (Å²) in [4.78, 5) is 25.8. The number of H-pyrrole nitrogens is 1. The van der Waals surface area contributed by atoms with Gasteiger partial charge in [0.1, 0.15) is 6.10 Å². The Balaban J connectivity index is 1.20. The molecule has 4 aromatic rings. The summed E-state index contributed by atoms with van der Waals surface area (Å²) < 4.78 is 7.11. The summed E-state index contributed by atoms with van der Waals surface area (Å²) >= 11 is 1.60. The lowest BCUT2D eigenvalue weighted by Crippen LogP contribution is -2.39. The van der Waals surface area contributed by atoms with E-state index in [2.05, 4.69) is 31.5 Å². The lowest BCUT2D eigenvalue weighted by Gasteiger charge is -2.33. The first-order valence-electron chi connectivity index (χ1n) is 11.2. The molecular formula is C23H25N7O2S. The maximum absolute atomic E-state index is 12.2. The van der Waals surface area contributed by atoms with Gasteiger partial charge < -0.3 is 19.9 Å². The Morgan fingerprint density at radius 3 is 3.15 bits per heavy atom. The van der Waals surface area contributed by atoms with Crippen molar-refractivity contribution in [3.05, 3.63) is 42.2 Å². The first-order valence-corrected chi connectivity index (χ1v) is 12.0. The van der Waals surface area contributed by atoms with Crippen LogP contribution in [-0.2, 0) is 9.53 Å². The highest BCUT2D eigenvalue weighted by Crippen LogP contribution is 2.33. The first-order chi connectivity index (χ1) is 16.1. The highest BCUT2D eigenvalue weighted by molar-refractivity contribution is 7.22. The van der Waals surface area contributed by atoms with Gasteiger partial charge in [0.2, 0.25) is 11.9 Å². The highest BCUT2D eigenvalue weighted by atomic mass is 32.1. The monoisotopic (exact) mass is 463 g/mol. The molecule has 9 nitrogen and oxygen atoms in total. The molecule has 4 heterocycles. The molecule has 1 aliphatic heterocycles. The normalized spacial score (nSPS) is 18.7. The molecule has 1 amide bonds. The standard InChI is InChI=1S/C23H25N7O2S/c1-29(13-21(31)26-14-5-6-14)22-9-18-20(33-22)11-24-23(27-18)30-7-8-32-19(12-30)15-3-2-4-17-16(15)10-25-28-17/h2-4,9-11,14,19H,5-8,12-13H2,1H3,(H,25,28)(H,26,31). The van der Waals surface area contributed by atoms with Crippen molar-refractivity contribution >= 4 is 49.3 Å². The lowest BCUT2D eigenvalue weighted by molar-refractivity contribution is -0.119. The van der Waals surface area contributed by atoms with Crippen LogP contribution in [0.3, 0.4) is 0 Å². The van der Waals surface area contributed by atoms with E-state index in [0.717, 1.165) is 51.1 Å². The number of benzene rings is 1. The van der Waals surface area contributed by atoms with Gasteiger partial charge in [-0.15, -0.1) is 11.3 Å². The number of morpholine rings is 1. The number of aromatic amines is 1. The molecule has 10 heteroatoms. The number of nitrogens with one attached hydrogen (secondary N) is 2. The molecule has 1 saturated carbocycles. The van der Waals surface area contributed by atoms with Crippen molar-refractivity contribution in [2.45, 2.75) is 25.0 Å². The summed E-state index contributed by atoms with van der Waals surface area (Å²) in [5.74, 6) is 0.768. The van der Waals surface area contributed by atoms with Crippen LogP contribution in [0.5, 0.6) is 0 Å². The van der Waals surface area contributed by atoms with E-state index in [-0.39, 0.29) is 12.0 Å². The minimum atomic E-state index is -0.0755. The van der Waals surface area contributed by atoms with Crippen LogP contribution in [0, 0.1) is 0 Å². The van der Waals surface area contributed by atoms with Crippen LogP contribution in [0.15, 0.2) is 36.7 Å². The van der Waals surface area contributed by atoms with E-state index in [1.165, 1.54) is 0 Å². The largest absolute Gasteiger partial charge is 0.370 e. The van der Waals surface area contributed by atoms with Crippen molar-refractivity contribution in [2.75, 3.05) is 43.1 Å². The van der Waals surface area contributed by atoms with Gasteiger partial charge in [-0.1, -0.05) is 12.1 Å². The molecule has 0 radical (unpaired) electrons. The van der Waals surface area contributed by atoms with Crippen LogP contribution in [0.4, 0.5) is 10.9 Å². The second kappa shape index (κ2) is 8.27. The number of nitrogens with zero attached hydrogens (tertiary/aromatic N) is 5. The fourth-order valence-electron chi connectivity index (χ4n) is 4.24. The summed E-state index contributed by atoms with van der Waals surface area (Å²) in [6, 6.07) is 8.55. The maximum Gasteiger partial charge on any atom is 0.239 e. The second-order valence-electron chi connectivity index (χ2n) is 8.69. The number of thiophene rings is 1. The molecule has 1 atom stereocenters. The molecule has 1 aliphatic carbocycles. The minimum Gasteiger partial charge on any atom is -0.370 e. The third kappa shape index (κ3) is 4.11. The van der Waals surface area contributed by atoms with Crippen LogP contribution in [0.1, 0.15) is 24.5 Å².